The van der Waals surface area contributed by atoms with Gasteiger partial charge in [0.1, 0.15) is 0 Å². The number of thioether (sulfide) groups is 1. The van der Waals surface area contributed by atoms with E-state index in [1.54, 1.807) is 0 Å². The summed E-state index contributed by atoms with van der Waals surface area (Å²) in [5.41, 5.74) is 2.49. The van der Waals surface area contributed by atoms with Crippen LogP contribution in [-0.4, -0.2) is 11.0 Å². The normalized spacial score (nSPS) is 9.93. The standard InChI is InChI=1S/C11H14OS2/c1-4-12-11(13)14-10-7-8(2)5-6-9(10)3/h5-7H,4H2,1-3H3. The second-order valence-corrected chi connectivity index (χ2v) is 4.70. The molecule has 0 aromatic heterocycles. The van der Waals surface area contributed by atoms with Crippen molar-refractivity contribution >= 4 is 28.4 Å². The predicted octanol–water partition coefficient (Wildman–Crippen LogP) is 3.72. The van der Waals surface area contributed by atoms with Gasteiger partial charge in [-0.1, -0.05) is 12.1 Å². The molecule has 0 amide bonds. The largest absolute Gasteiger partial charge is 0.479 e. The van der Waals surface area contributed by atoms with Gasteiger partial charge in [0, 0.05) is 4.90 Å². The third-order valence-electron chi connectivity index (χ3n) is 1.80. The van der Waals surface area contributed by atoms with Gasteiger partial charge in [-0.25, -0.2) is 0 Å². The molecule has 0 spiro atoms. The van der Waals surface area contributed by atoms with Gasteiger partial charge in [-0.2, -0.15) is 0 Å². The molecule has 0 unspecified atom stereocenters. The van der Waals surface area contributed by atoms with E-state index in [9.17, 15) is 0 Å². The van der Waals surface area contributed by atoms with E-state index < -0.39 is 0 Å². The summed E-state index contributed by atoms with van der Waals surface area (Å²) in [7, 11) is 0. The van der Waals surface area contributed by atoms with Gasteiger partial charge in [0.05, 0.1) is 6.61 Å². The molecule has 76 valence electrons. The molecule has 0 atom stereocenters. The SMILES string of the molecule is CCOC(=S)Sc1cc(C)ccc1C. The fourth-order valence-corrected chi connectivity index (χ4v) is 2.27. The molecule has 0 radical (unpaired) electrons. The van der Waals surface area contributed by atoms with Gasteiger partial charge >= 0.3 is 0 Å². The molecular weight excluding hydrogens is 212 g/mol. The number of benzene rings is 1. The fourth-order valence-electron chi connectivity index (χ4n) is 1.05. The van der Waals surface area contributed by atoms with Crippen molar-refractivity contribution in [3.05, 3.63) is 29.3 Å². The molecule has 0 bridgehead atoms. The highest BCUT2D eigenvalue weighted by Crippen LogP contribution is 2.25. The molecule has 0 heterocycles. The van der Waals surface area contributed by atoms with Crippen molar-refractivity contribution in [2.75, 3.05) is 6.61 Å². The van der Waals surface area contributed by atoms with Crippen LogP contribution in [0.1, 0.15) is 18.1 Å². The Morgan fingerprint density at radius 2 is 2.14 bits per heavy atom. The van der Waals surface area contributed by atoms with Crippen LogP contribution in [0.4, 0.5) is 0 Å². The maximum absolute atomic E-state index is 5.24. The summed E-state index contributed by atoms with van der Waals surface area (Å²) < 4.78 is 5.83. The summed E-state index contributed by atoms with van der Waals surface area (Å²) in [6.45, 7) is 6.73. The smallest absolute Gasteiger partial charge is 0.224 e. The van der Waals surface area contributed by atoms with Gasteiger partial charge in [0.15, 0.2) is 0 Å². The monoisotopic (exact) mass is 226 g/mol. The summed E-state index contributed by atoms with van der Waals surface area (Å²) in [6, 6.07) is 6.33. The zero-order valence-corrected chi connectivity index (χ0v) is 10.3. The molecule has 0 fully saturated rings. The second kappa shape index (κ2) is 5.37. The first-order valence-corrected chi connectivity index (χ1v) is 5.78. The molecule has 1 aromatic carbocycles. The Balaban J connectivity index is 2.75. The Bertz CT molecular complexity index is 334. The predicted molar refractivity (Wildman–Crippen MR) is 66.0 cm³/mol. The topological polar surface area (TPSA) is 9.23 Å². The van der Waals surface area contributed by atoms with Crippen molar-refractivity contribution in [2.24, 2.45) is 0 Å². The number of hydrogen-bond donors (Lipinski definition) is 0. The van der Waals surface area contributed by atoms with E-state index in [-0.39, 0.29) is 0 Å². The summed E-state index contributed by atoms with van der Waals surface area (Å²) >= 11 is 6.60. The minimum Gasteiger partial charge on any atom is -0.479 e. The van der Waals surface area contributed by atoms with Gasteiger partial charge < -0.3 is 4.74 Å². The highest BCUT2D eigenvalue weighted by molar-refractivity contribution is 8.22. The molecule has 0 aliphatic carbocycles. The van der Waals surface area contributed by atoms with E-state index in [1.807, 2.05) is 6.92 Å². The zero-order chi connectivity index (χ0) is 10.6. The minimum atomic E-state index is 0.598. The molecular formula is C11H14OS2. The molecule has 1 nitrogen and oxygen atoms in total. The van der Waals surface area contributed by atoms with E-state index in [0.717, 1.165) is 0 Å². The van der Waals surface area contributed by atoms with Crippen molar-refractivity contribution < 1.29 is 4.74 Å². The summed E-state index contributed by atoms with van der Waals surface area (Å²) in [6.07, 6.45) is 0. The van der Waals surface area contributed by atoms with Crippen LogP contribution in [0, 0.1) is 13.8 Å². The highest BCUT2D eigenvalue weighted by atomic mass is 32.2. The van der Waals surface area contributed by atoms with Gasteiger partial charge in [-0.15, -0.1) is 0 Å². The number of hydrogen-bond acceptors (Lipinski definition) is 3. The minimum absolute atomic E-state index is 0.598. The zero-order valence-electron chi connectivity index (χ0n) is 8.66. The Kier molecular flexibility index (Phi) is 4.42. The van der Waals surface area contributed by atoms with Crippen LogP contribution in [0.3, 0.4) is 0 Å². The lowest BCUT2D eigenvalue weighted by atomic mass is 10.2. The molecule has 3 heteroatoms. The van der Waals surface area contributed by atoms with Crippen LogP contribution in [0.2, 0.25) is 0 Å². The third kappa shape index (κ3) is 3.31. The Labute approximate surface area is 94.9 Å². The summed E-state index contributed by atoms with van der Waals surface area (Å²) in [4.78, 5) is 1.18. The third-order valence-corrected chi connectivity index (χ3v) is 3.11. The van der Waals surface area contributed by atoms with Crippen molar-refractivity contribution in [1.82, 2.24) is 0 Å². The Hall–Kier alpha value is -0.540. The molecule has 0 saturated heterocycles. The van der Waals surface area contributed by atoms with Gasteiger partial charge in [-0.3, -0.25) is 0 Å². The van der Waals surface area contributed by atoms with Crippen LogP contribution >= 0.6 is 24.0 Å². The van der Waals surface area contributed by atoms with E-state index in [4.69, 9.17) is 17.0 Å². The highest BCUT2D eigenvalue weighted by Gasteiger charge is 2.04. The van der Waals surface area contributed by atoms with Gasteiger partial charge in [0.25, 0.3) is 0 Å². The van der Waals surface area contributed by atoms with Crippen molar-refractivity contribution in [2.45, 2.75) is 25.7 Å². The quantitative estimate of drug-likeness (QED) is 0.562. The second-order valence-electron chi connectivity index (χ2n) is 3.05. The molecule has 1 aromatic rings. The van der Waals surface area contributed by atoms with Crippen molar-refractivity contribution in [1.29, 1.82) is 0 Å². The van der Waals surface area contributed by atoms with Crippen LogP contribution in [0.15, 0.2) is 23.1 Å². The maximum Gasteiger partial charge on any atom is 0.224 e. The molecule has 0 aliphatic rings. The van der Waals surface area contributed by atoms with E-state index >= 15 is 0 Å². The summed E-state index contributed by atoms with van der Waals surface area (Å²) in [5.74, 6) is 0. The number of aryl methyl sites for hydroxylation is 2. The van der Waals surface area contributed by atoms with Crippen molar-refractivity contribution in [3.63, 3.8) is 0 Å². The first-order valence-electron chi connectivity index (χ1n) is 4.55. The lowest BCUT2D eigenvalue weighted by Gasteiger charge is -2.07. The van der Waals surface area contributed by atoms with Crippen molar-refractivity contribution in [3.8, 4) is 0 Å². The average Bonchev–Trinajstić information content (AvgIpc) is 2.12. The van der Waals surface area contributed by atoms with Crippen LogP contribution in [0.5, 0.6) is 0 Å². The average molecular weight is 226 g/mol. The molecule has 0 N–H and O–H groups in total. The summed E-state index contributed by atoms with van der Waals surface area (Å²) in [5, 5.41) is 0. The van der Waals surface area contributed by atoms with E-state index in [1.165, 1.54) is 27.8 Å². The van der Waals surface area contributed by atoms with E-state index in [0.29, 0.717) is 11.0 Å². The van der Waals surface area contributed by atoms with Crippen LogP contribution in [-0.2, 0) is 4.74 Å². The molecule has 0 aliphatic heterocycles. The first kappa shape index (κ1) is 11.5. The lowest BCUT2D eigenvalue weighted by molar-refractivity contribution is 0.346. The Morgan fingerprint density at radius 3 is 2.79 bits per heavy atom. The number of ether oxygens (including phenoxy) is 1. The molecule has 14 heavy (non-hydrogen) atoms. The number of rotatable bonds is 2. The lowest BCUT2D eigenvalue weighted by Crippen LogP contribution is -1.96. The van der Waals surface area contributed by atoms with Crippen LogP contribution in [0.25, 0.3) is 0 Å². The van der Waals surface area contributed by atoms with Crippen LogP contribution < -0.4 is 0 Å². The van der Waals surface area contributed by atoms with Gasteiger partial charge in [0.2, 0.25) is 4.38 Å². The van der Waals surface area contributed by atoms with E-state index in [2.05, 4.69) is 32.0 Å². The molecule has 0 saturated carbocycles. The van der Waals surface area contributed by atoms with Gasteiger partial charge in [-0.05, 0) is 61.9 Å². The maximum atomic E-state index is 5.24. The number of thiocarbonyl (C=S) groups is 1. The molecule has 1 rings (SSSR count). The fraction of sp³-hybridized carbons (Fsp3) is 0.364. The Morgan fingerprint density at radius 1 is 1.43 bits per heavy atom. The first-order chi connectivity index (χ1) is 6.63.